The van der Waals surface area contributed by atoms with E-state index in [0.29, 0.717) is 25.6 Å². The smallest absolute Gasteiger partial charge is 0.221 e. The number of rotatable bonds is 7. The number of halogens is 1. The van der Waals surface area contributed by atoms with E-state index >= 15 is 0 Å². The van der Waals surface area contributed by atoms with E-state index in [-0.39, 0.29) is 18.3 Å². The Morgan fingerprint density at radius 1 is 1.31 bits per heavy atom. The van der Waals surface area contributed by atoms with E-state index in [1.54, 1.807) is 0 Å². The second-order valence-electron chi connectivity index (χ2n) is 6.61. The van der Waals surface area contributed by atoms with Crippen molar-refractivity contribution in [3.8, 4) is 11.3 Å². The number of benzene rings is 1. The third-order valence-electron chi connectivity index (χ3n) is 4.73. The standard InChI is InChI=1S/C19H27N5O.ClH/c20-10-9-19(25)21-13-17-8-4-5-11-24(17)14-16-12-18(23-22-16)15-6-2-1-3-7-15;/h1-3,6-7,12,17H,4-5,8-11,13-14,20H2,(H,21,25)(H,22,23);1H. The average molecular weight is 378 g/mol. The van der Waals surface area contributed by atoms with Gasteiger partial charge in [0.25, 0.3) is 0 Å². The van der Waals surface area contributed by atoms with Gasteiger partial charge < -0.3 is 11.1 Å². The summed E-state index contributed by atoms with van der Waals surface area (Å²) in [5.41, 5.74) is 8.64. The van der Waals surface area contributed by atoms with E-state index in [4.69, 9.17) is 5.73 Å². The largest absolute Gasteiger partial charge is 0.354 e. The van der Waals surface area contributed by atoms with Gasteiger partial charge >= 0.3 is 0 Å². The van der Waals surface area contributed by atoms with Crippen molar-refractivity contribution in [1.29, 1.82) is 0 Å². The maximum Gasteiger partial charge on any atom is 0.221 e. The van der Waals surface area contributed by atoms with Gasteiger partial charge in [-0.3, -0.25) is 14.8 Å². The summed E-state index contributed by atoms with van der Waals surface area (Å²) in [7, 11) is 0. The van der Waals surface area contributed by atoms with Crippen LogP contribution in [0.4, 0.5) is 0 Å². The number of carbonyl (C=O) groups is 1. The molecular weight excluding hydrogens is 350 g/mol. The monoisotopic (exact) mass is 377 g/mol. The first kappa shape index (κ1) is 20.4. The Kier molecular flexibility index (Phi) is 8.09. The number of nitrogens with one attached hydrogen (secondary N) is 2. The molecule has 4 N–H and O–H groups in total. The van der Waals surface area contributed by atoms with Gasteiger partial charge in [-0.25, -0.2) is 0 Å². The Hall–Kier alpha value is -1.89. The number of hydrogen-bond donors (Lipinski definition) is 3. The first-order valence-corrected chi connectivity index (χ1v) is 9.07. The van der Waals surface area contributed by atoms with Crippen LogP contribution in [0, 0.1) is 0 Å². The molecule has 0 spiro atoms. The molecule has 1 saturated heterocycles. The van der Waals surface area contributed by atoms with Crippen LogP contribution in [-0.4, -0.2) is 46.7 Å². The van der Waals surface area contributed by atoms with Crippen molar-refractivity contribution in [2.24, 2.45) is 5.73 Å². The van der Waals surface area contributed by atoms with Gasteiger partial charge in [0.15, 0.2) is 0 Å². The van der Waals surface area contributed by atoms with Crippen LogP contribution in [-0.2, 0) is 11.3 Å². The van der Waals surface area contributed by atoms with E-state index in [1.165, 1.54) is 12.8 Å². The van der Waals surface area contributed by atoms with Crippen LogP contribution in [0.25, 0.3) is 11.3 Å². The molecule has 2 aromatic rings. The van der Waals surface area contributed by atoms with Crippen molar-refractivity contribution in [1.82, 2.24) is 20.4 Å². The number of nitrogens with zero attached hydrogens (tertiary/aromatic N) is 2. The molecule has 1 unspecified atom stereocenters. The fourth-order valence-electron chi connectivity index (χ4n) is 3.37. The number of likely N-dealkylation sites (tertiary alicyclic amines) is 1. The molecule has 6 nitrogen and oxygen atoms in total. The quantitative estimate of drug-likeness (QED) is 0.691. The third kappa shape index (κ3) is 5.56. The molecule has 1 amide bonds. The Labute approximate surface area is 160 Å². The summed E-state index contributed by atoms with van der Waals surface area (Å²) in [5, 5.41) is 10.6. The van der Waals surface area contributed by atoms with Gasteiger partial charge in [0.05, 0.1) is 5.69 Å². The Balaban J connectivity index is 0.00000243. The lowest BCUT2D eigenvalue weighted by Crippen LogP contribution is -2.46. The minimum Gasteiger partial charge on any atom is -0.354 e. The summed E-state index contributed by atoms with van der Waals surface area (Å²) < 4.78 is 0. The molecule has 3 rings (SSSR count). The number of H-pyrrole nitrogens is 1. The Morgan fingerprint density at radius 3 is 2.88 bits per heavy atom. The zero-order chi connectivity index (χ0) is 17.5. The molecule has 1 aromatic carbocycles. The highest BCUT2D eigenvalue weighted by molar-refractivity contribution is 5.85. The molecule has 0 radical (unpaired) electrons. The van der Waals surface area contributed by atoms with Gasteiger partial charge in [0.2, 0.25) is 5.91 Å². The average Bonchev–Trinajstić information content (AvgIpc) is 3.11. The highest BCUT2D eigenvalue weighted by Crippen LogP contribution is 2.21. The molecule has 1 atom stereocenters. The zero-order valence-corrected chi connectivity index (χ0v) is 15.8. The van der Waals surface area contributed by atoms with Gasteiger partial charge in [-0.2, -0.15) is 5.10 Å². The molecule has 2 heterocycles. The van der Waals surface area contributed by atoms with E-state index in [1.807, 2.05) is 18.2 Å². The number of aromatic nitrogens is 2. The number of carbonyl (C=O) groups excluding carboxylic acids is 1. The summed E-state index contributed by atoms with van der Waals surface area (Å²) in [5.74, 6) is 0.0425. The fourth-order valence-corrected chi connectivity index (χ4v) is 3.37. The molecule has 0 saturated carbocycles. The SMILES string of the molecule is Cl.NCCC(=O)NCC1CCCCN1Cc1cc(-c2ccccc2)n[nH]1. The van der Waals surface area contributed by atoms with Gasteiger partial charge in [0.1, 0.15) is 0 Å². The minimum absolute atomic E-state index is 0. The molecule has 1 aromatic heterocycles. The summed E-state index contributed by atoms with van der Waals surface area (Å²) in [4.78, 5) is 14.1. The van der Waals surface area contributed by atoms with Crippen molar-refractivity contribution in [2.75, 3.05) is 19.6 Å². The van der Waals surface area contributed by atoms with E-state index in [9.17, 15) is 4.79 Å². The van der Waals surface area contributed by atoms with Gasteiger partial charge in [-0.05, 0) is 25.5 Å². The van der Waals surface area contributed by atoms with E-state index in [2.05, 4.69) is 38.6 Å². The number of piperidine rings is 1. The molecule has 1 aliphatic heterocycles. The normalized spacial score (nSPS) is 17.5. The number of hydrogen-bond acceptors (Lipinski definition) is 4. The van der Waals surface area contributed by atoms with Crippen LogP contribution in [0.2, 0.25) is 0 Å². The van der Waals surface area contributed by atoms with Crippen molar-refractivity contribution in [2.45, 2.75) is 38.3 Å². The second kappa shape index (κ2) is 10.3. The highest BCUT2D eigenvalue weighted by Gasteiger charge is 2.23. The van der Waals surface area contributed by atoms with Crippen LogP contribution in [0.5, 0.6) is 0 Å². The molecule has 26 heavy (non-hydrogen) atoms. The van der Waals surface area contributed by atoms with Gasteiger partial charge in [-0.1, -0.05) is 36.8 Å². The summed E-state index contributed by atoms with van der Waals surface area (Å²) >= 11 is 0. The molecule has 0 bridgehead atoms. The number of nitrogens with two attached hydrogens (primary N) is 1. The van der Waals surface area contributed by atoms with Crippen molar-refractivity contribution >= 4 is 18.3 Å². The lowest BCUT2D eigenvalue weighted by atomic mass is 10.0. The molecule has 7 heteroatoms. The third-order valence-corrected chi connectivity index (χ3v) is 4.73. The molecule has 1 aliphatic rings. The van der Waals surface area contributed by atoms with Crippen molar-refractivity contribution in [3.05, 3.63) is 42.1 Å². The maximum absolute atomic E-state index is 11.7. The number of aromatic amines is 1. The van der Waals surface area contributed by atoms with Crippen molar-refractivity contribution in [3.63, 3.8) is 0 Å². The maximum atomic E-state index is 11.7. The molecule has 0 aliphatic carbocycles. The topological polar surface area (TPSA) is 87.0 Å². The lowest BCUT2D eigenvalue weighted by Gasteiger charge is -2.35. The van der Waals surface area contributed by atoms with E-state index in [0.717, 1.165) is 36.5 Å². The summed E-state index contributed by atoms with van der Waals surface area (Å²) in [6.07, 6.45) is 3.93. The zero-order valence-electron chi connectivity index (χ0n) is 15.0. The lowest BCUT2D eigenvalue weighted by molar-refractivity contribution is -0.121. The minimum atomic E-state index is 0. The Bertz CT molecular complexity index is 676. The van der Waals surface area contributed by atoms with Crippen LogP contribution in [0.15, 0.2) is 36.4 Å². The van der Waals surface area contributed by atoms with Gasteiger partial charge in [-0.15, -0.1) is 12.4 Å². The van der Waals surface area contributed by atoms with Crippen LogP contribution in [0.1, 0.15) is 31.4 Å². The fraction of sp³-hybridized carbons (Fsp3) is 0.474. The predicted molar refractivity (Wildman–Crippen MR) is 106 cm³/mol. The van der Waals surface area contributed by atoms with E-state index < -0.39 is 0 Å². The summed E-state index contributed by atoms with van der Waals surface area (Å²) in [6, 6.07) is 12.7. The summed E-state index contributed by atoms with van der Waals surface area (Å²) in [6.45, 7) is 2.98. The molecule has 1 fully saturated rings. The van der Waals surface area contributed by atoms with Crippen LogP contribution in [0.3, 0.4) is 0 Å². The Morgan fingerprint density at radius 2 is 2.12 bits per heavy atom. The predicted octanol–water partition coefficient (Wildman–Crippen LogP) is 2.32. The van der Waals surface area contributed by atoms with Gasteiger partial charge in [0, 0.05) is 43.4 Å². The molecular formula is C19H28ClN5O. The second-order valence-corrected chi connectivity index (χ2v) is 6.61. The first-order valence-electron chi connectivity index (χ1n) is 9.07. The van der Waals surface area contributed by atoms with Crippen LogP contribution < -0.4 is 11.1 Å². The highest BCUT2D eigenvalue weighted by atomic mass is 35.5. The van der Waals surface area contributed by atoms with Crippen LogP contribution >= 0.6 is 12.4 Å². The first-order chi connectivity index (χ1) is 12.3. The number of amides is 1. The molecule has 142 valence electrons. The van der Waals surface area contributed by atoms with Crippen molar-refractivity contribution < 1.29 is 4.79 Å².